The highest BCUT2D eigenvalue weighted by Gasteiger charge is 2.45. The van der Waals surface area contributed by atoms with Gasteiger partial charge in [-0.25, -0.2) is 0 Å². The summed E-state index contributed by atoms with van der Waals surface area (Å²) in [5.74, 6) is -5.49. The number of amides is 3. The molecule has 0 spiro atoms. The van der Waals surface area contributed by atoms with E-state index < -0.39 is 60.1 Å². The molecule has 0 aliphatic rings. The van der Waals surface area contributed by atoms with Crippen LogP contribution >= 0.6 is 11.6 Å². The maximum absolute atomic E-state index is 13.2. The summed E-state index contributed by atoms with van der Waals surface area (Å²) in [6.07, 6.45) is -5.69. The molecule has 3 atom stereocenters. The lowest BCUT2D eigenvalue weighted by Crippen LogP contribution is -2.54. The molecule has 2 aromatic rings. The van der Waals surface area contributed by atoms with E-state index in [4.69, 9.17) is 16.3 Å². The predicted octanol–water partition coefficient (Wildman–Crippen LogP) is 3.49. The van der Waals surface area contributed by atoms with Gasteiger partial charge in [0.2, 0.25) is 11.8 Å². The number of ketones is 1. The van der Waals surface area contributed by atoms with Crippen molar-refractivity contribution in [2.45, 2.75) is 44.6 Å². The van der Waals surface area contributed by atoms with Crippen molar-refractivity contribution in [2.75, 3.05) is 7.11 Å². The Hall–Kier alpha value is -4.11. The highest BCUT2D eigenvalue weighted by Crippen LogP contribution is 2.23. The van der Waals surface area contributed by atoms with Gasteiger partial charge in [0.05, 0.1) is 25.6 Å². The lowest BCUT2D eigenvalue weighted by Gasteiger charge is -2.27. The molecular weight excluding hydrogens is 541 g/mol. The first-order chi connectivity index (χ1) is 18.3. The van der Waals surface area contributed by atoms with E-state index in [1.54, 1.807) is 6.07 Å². The molecule has 9 nitrogen and oxygen atoms in total. The van der Waals surface area contributed by atoms with Crippen LogP contribution in [0.25, 0.3) is 0 Å². The topological polar surface area (TPSA) is 137 Å². The molecule has 0 aliphatic carbocycles. The molecule has 0 fully saturated rings. The molecule has 39 heavy (non-hydrogen) atoms. The molecule has 0 saturated carbocycles. The van der Waals surface area contributed by atoms with Crippen molar-refractivity contribution in [1.29, 1.82) is 5.26 Å². The van der Waals surface area contributed by atoms with E-state index in [9.17, 15) is 37.6 Å². The van der Waals surface area contributed by atoms with Gasteiger partial charge in [-0.3, -0.25) is 19.2 Å². The number of ether oxygens (including phenoxy) is 1. The first-order valence-electron chi connectivity index (χ1n) is 11.6. The van der Waals surface area contributed by atoms with E-state index in [0.29, 0.717) is 5.75 Å². The summed E-state index contributed by atoms with van der Waals surface area (Å²) in [6.45, 7) is 2.65. The summed E-state index contributed by atoms with van der Waals surface area (Å²) >= 11 is 5.90. The Morgan fingerprint density at radius 2 is 1.64 bits per heavy atom. The molecule has 2 aromatic carbocycles. The number of Topliss-reactive ketones (excluding diaryl/α,β-unsaturated/α-hetero) is 1. The lowest BCUT2D eigenvalue weighted by atomic mass is 9.97. The van der Waals surface area contributed by atoms with E-state index in [-0.39, 0.29) is 16.1 Å². The van der Waals surface area contributed by atoms with Gasteiger partial charge in [-0.1, -0.05) is 43.6 Å². The maximum Gasteiger partial charge on any atom is 0.452 e. The SMILES string of the molecule is COc1ccc(C(NC(=O)C(CC#N)NC(=O)c2cccc(Cl)c2)C(=O)NC(C(=O)C(F)(F)F)C(C)C)cc1. The van der Waals surface area contributed by atoms with Crippen molar-refractivity contribution < 1.29 is 37.1 Å². The number of hydrogen-bond acceptors (Lipinski definition) is 6. The molecule has 0 radical (unpaired) electrons. The summed E-state index contributed by atoms with van der Waals surface area (Å²) < 4.78 is 44.5. The van der Waals surface area contributed by atoms with E-state index >= 15 is 0 Å². The average molecular weight is 567 g/mol. The number of carbonyl (C=O) groups is 4. The Bertz CT molecular complexity index is 1250. The molecule has 2 rings (SSSR count). The van der Waals surface area contributed by atoms with Gasteiger partial charge in [0.15, 0.2) is 0 Å². The van der Waals surface area contributed by atoms with Crippen LogP contribution < -0.4 is 20.7 Å². The third-order valence-electron chi connectivity index (χ3n) is 5.53. The molecule has 208 valence electrons. The second-order valence-corrected chi connectivity index (χ2v) is 9.14. The molecule has 13 heteroatoms. The molecule has 0 aliphatic heterocycles. The standard InChI is InChI=1S/C26H26ClF3N4O5/c1-14(2)20(22(35)26(28,29)30)33-25(38)21(15-7-9-18(39-3)10-8-15)34-24(37)19(11-12-31)32-23(36)16-5-4-6-17(27)13-16/h4-10,13-14,19-21H,11H2,1-3H3,(H,32,36)(H,33,38)(H,34,37). The zero-order valence-corrected chi connectivity index (χ0v) is 21.9. The number of alkyl halides is 3. The van der Waals surface area contributed by atoms with Gasteiger partial charge in [-0.05, 0) is 41.8 Å². The summed E-state index contributed by atoms with van der Waals surface area (Å²) in [6, 6.07) is 8.32. The molecule has 3 N–H and O–H groups in total. The van der Waals surface area contributed by atoms with Crippen molar-refractivity contribution >= 4 is 35.1 Å². The van der Waals surface area contributed by atoms with Crippen LogP contribution in [0.1, 0.15) is 42.2 Å². The summed E-state index contributed by atoms with van der Waals surface area (Å²) in [7, 11) is 1.39. The van der Waals surface area contributed by atoms with Crippen LogP contribution in [0.2, 0.25) is 5.02 Å². The first kappa shape index (κ1) is 31.1. The van der Waals surface area contributed by atoms with Crippen LogP contribution in [-0.2, 0) is 14.4 Å². The number of nitriles is 1. The molecule has 0 bridgehead atoms. The second kappa shape index (κ2) is 13.6. The van der Waals surface area contributed by atoms with Gasteiger partial charge in [-0.15, -0.1) is 0 Å². The van der Waals surface area contributed by atoms with Crippen molar-refractivity contribution in [1.82, 2.24) is 16.0 Å². The van der Waals surface area contributed by atoms with Crippen LogP contribution in [0, 0.1) is 17.2 Å². The van der Waals surface area contributed by atoms with Crippen LogP contribution in [-0.4, -0.2) is 48.9 Å². The molecule has 0 aromatic heterocycles. The fraction of sp³-hybridized carbons (Fsp3) is 0.346. The summed E-state index contributed by atoms with van der Waals surface area (Å²) in [5.41, 5.74) is 0.244. The Morgan fingerprint density at radius 1 is 1.00 bits per heavy atom. The quantitative estimate of drug-likeness (QED) is 0.381. The molecule has 0 heterocycles. The Labute approximate surface area is 227 Å². The van der Waals surface area contributed by atoms with Gasteiger partial charge in [0, 0.05) is 10.6 Å². The Kier molecular flexibility index (Phi) is 10.9. The number of halogens is 4. The molecule has 3 unspecified atom stereocenters. The van der Waals surface area contributed by atoms with Gasteiger partial charge < -0.3 is 20.7 Å². The molecular formula is C26H26ClF3N4O5. The van der Waals surface area contributed by atoms with Crippen LogP contribution in [0.5, 0.6) is 5.75 Å². The van der Waals surface area contributed by atoms with Gasteiger partial charge in [-0.2, -0.15) is 18.4 Å². The second-order valence-electron chi connectivity index (χ2n) is 8.71. The third-order valence-corrected chi connectivity index (χ3v) is 5.76. The fourth-order valence-electron chi connectivity index (χ4n) is 3.46. The minimum absolute atomic E-state index is 0.105. The first-order valence-corrected chi connectivity index (χ1v) is 11.9. The highest BCUT2D eigenvalue weighted by molar-refractivity contribution is 6.31. The van der Waals surface area contributed by atoms with Crippen LogP contribution in [0.3, 0.4) is 0 Å². The van der Waals surface area contributed by atoms with Gasteiger partial charge in [0.25, 0.3) is 11.7 Å². The van der Waals surface area contributed by atoms with Gasteiger partial charge >= 0.3 is 6.18 Å². The van der Waals surface area contributed by atoms with E-state index in [1.165, 1.54) is 69.5 Å². The smallest absolute Gasteiger partial charge is 0.452 e. The van der Waals surface area contributed by atoms with Crippen molar-refractivity contribution in [2.24, 2.45) is 5.92 Å². The normalized spacial score (nSPS) is 13.4. The lowest BCUT2D eigenvalue weighted by molar-refractivity contribution is -0.175. The van der Waals surface area contributed by atoms with Crippen molar-refractivity contribution in [3.8, 4) is 11.8 Å². The average Bonchev–Trinajstić information content (AvgIpc) is 2.88. The molecule has 0 saturated heterocycles. The fourth-order valence-corrected chi connectivity index (χ4v) is 3.65. The number of benzene rings is 2. The van der Waals surface area contributed by atoms with Crippen LogP contribution in [0.4, 0.5) is 13.2 Å². The minimum Gasteiger partial charge on any atom is -0.497 e. The van der Waals surface area contributed by atoms with Crippen molar-refractivity contribution in [3.05, 3.63) is 64.7 Å². The predicted molar refractivity (Wildman–Crippen MR) is 135 cm³/mol. The van der Waals surface area contributed by atoms with Gasteiger partial charge in [0.1, 0.15) is 17.8 Å². The number of nitrogens with zero attached hydrogens (tertiary/aromatic N) is 1. The summed E-state index contributed by atoms with van der Waals surface area (Å²) in [5, 5.41) is 16.3. The van der Waals surface area contributed by atoms with E-state index in [0.717, 1.165) is 0 Å². The Balaban J connectivity index is 2.36. The maximum atomic E-state index is 13.2. The Morgan fingerprint density at radius 3 is 2.15 bits per heavy atom. The zero-order valence-electron chi connectivity index (χ0n) is 21.1. The number of carbonyl (C=O) groups excluding carboxylic acids is 4. The van der Waals surface area contributed by atoms with E-state index in [2.05, 4.69) is 16.0 Å². The highest BCUT2D eigenvalue weighted by atomic mass is 35.5. The summed E-state index contributed by atoms with van der Waals surface area (Å²) in [4.78, 5) is 50.9. The molecule has 3 amide bonds. The monoisotopic (exact) mass is 566 g/mol. The van der Waals surface area contributed by atoms with E-state index in [1.807, 2.05) is 0 Å². The third kappa shape index (κ3) is 8.71. The van der Waals surface area contributed by atoms with Crippen molar-refractivity contribution in [3.63, 3.8) is 0 Å². The number of rotatable bonds is 11. The number of nitrogens with one attached hydrogen (secondary N) is 3. The largest absolute Gasteiger partial charge is 0.497 e. The zero-order chi connectivity index (χ0) is 29.3. The number of hydrogen-bond donors (Lipinski definition) is 3. The minimum atomic E-state index is -5.20. The van der Waals surface area contributed by atoms with Crippen LogP contribution in [0.15, 0.2) is 48.5 Å². The number of methoxy groups -OCH3 is 1.